The van der Waals surface area contributed by atoms with E-state index >= 15 is 0 Å². The van der Waals surface area contributed by atoms with Gasteiger partial charge >= 0.3 is 5.97 Å². The lowest BCUT2D eigenvalue weighted by molar-refractivity contribution is 0.0658. The molecule has 1 heterocycles. The largest absolute Gasteiger partial charge is 0.486 e. The minimum atomic E-state index is -1.08. The second-order valence-electron chi connectivity index (χ2n) is 3.32. The lowest BCUT2D eigenvalue weighted by Gasteiger charge is -2.03. The zero-order valence-electron chi connectivity index (χ0n) is 8.72. The lowest BCUT2D eigenvalue weighted by Crippen LogP contribution is -1.95. The van der Waals surface area contributed by atoms with E-state index in [2.05, 4.69) is 15.9 Å². The van der Waals surface area contributed by atoms with Gasteiger partial charge in [0.2, 0.25) is 5.76 Å². The Morgan fingerprint density at radius 3 is 2.82 bits per heavy atom. The summed E-state index contributed by atoms with van der Waals surface area (Å²) >= 11 is 3.33. The molecule has 0 unspecified atom stereocenters. The molecule has 4 nitrogen and oxygen atoms in total. The molecule has 0 saturated carbocycles. The van der Waals surface area contributed by atoms with Crippen molar-refractivity contribution in [3.05, 3.63) is 52.4 Å². The van der Waals surface area contributed by atoms with Crippen molar-refractivity contribution in [2.45, 2.75) is 6.61 Å². The number of halogens is 1. The van der Waals surface area contributed by atoms with Crippen molar-refractivity contribution in [1.82, 2.24) is 0 Å². The van der Waals surface area contributed by atoms with Gasteiger partial charge in [-0.15, -0.1) is 0 Å². The number of carboxylic acid groups (broad SMARTS) is 1. The zero-order chi connectivity index (χ0) is 12.3. The molecule has 2 aromatic rings. The Morgan fingerprint density at radius 1 is 1.35 bits per heavy atom. The fraction of sp³-hybridized carbons (Fsp3) is 0.0833. The number of aromatic carboxylic acids is 1. The monoisotopic (exact) mass is 296 g/mol. The number of benzene rings is 1. The molecule has 0 radical (unpaired) electrons. The maximum Gasteiger partial charge on any atom is 0.371 e. The number of hydrogen-bond donors (Lipinski definition) is 1. The third-order valence-electron chi connectivity index (χ3n) is 2.05. The van der Waals surface area contributed by atoms with Crippen molar-refractivity contribution in [3.63, 3.8) is 0 Å². The molecule has 2 rings (SSSR count). The predicted molar refractivity (Wildman–Crippen MR) is 64.1 cm³/mol. The van der Waals surface area contributed by atoms with Crippen LogP contribution < -0.4 is 4.74 Å². The molecule has 0 aliphatic rings. The molecule has 1 N–H and O–H groups in total. The van der Waals surface area contributed by atoms with Gasteiger partial charge in [-0.2, -0.15) is 0 Å². The van der Waals surface area contributed by atoms with Crippen LogP contribution in [0.15, 0.2) is 45.3 Å². The number of ether oxygens (including phenoxy) is 1. The van der Waals surface area contributed by atoms with Crippen LogP contribution in [0.2, 0.25) is 0 Å². The fourth-order valence-corrected chi connectivity index (χ4v) is 1.66. The van der Waals surface area contributed by atoms with E-state index in [1.165, 1.54) is 6.07 Å². The van der Waals surface area contributed by atoms with Gasteiger partial charge in [-0.05, 0) is 30.3 Å². The van der Waals surface area contributed by atoms with E-state index in [0.29, 0.717) is 11.5 Å². The van der Waals surface area contributed by atoms with Gasteiger partial charge in [0.15, 0.2) is 0 Å². The molecule has 0 atom stereocenters. The lowest BCUT2D eigenvalue weighted by atomic mass is 10.3. The van der Waals surface area contributed by atoms with E-state index < -0.39 is 5.97 Å². The van der Waals surface area contributed by atoms with Gasteiger partial charge in [0, 0.05) is 4.47 Å². The van der Waals surface area contributed by atoms with Crippen molar-refractivity contribution in [1.29, 1.82) is 0 Å². The summed E-state index contributed by atoms with van der Waals surface area (Å²) in [5.74, 6) is -0.00780. The van der Waals surface area contributed by atoms with Crippen LogP contribution in [0.4, 0.5) is 0 Å². The fourth-order valence-electron chi connectivity index (χ4n) is 1.28. The average Bonchev–Trinajstić information content (AvgIpc) is 2.75. The summed E-state index contributed by atoms with van der Waals surface area (Å²) in [6.07, 6.45) is 0. The summed E-state index contributed by atoms with van der Waals surface area (Å²) in [4.78, 5) is 10.6. The molecule has 0 aliphatic carbocycles. The molecular formula is C12H9BrO4. The van der Waals surface area contributed by atoms with E-state index in [9.17, 15) is 4.79 Å². The second-order valence-corrected chi connectivity index (χ2v) is 4.23. The highest BCUT2D eigenvalue weighted by Crippen LogP contribution is 2.19. The van der Waals surface area contributed by atoms with E-state index in [1.54, 1.807) is 6.07 Å². The molecule has 0 spiro atoms. The molecule has 0 bridgehead atoms. The molecule has 0 aliphatic heterocycles. The number of hydrogen-bond acceptors (Lipinski definition) is 3. The SMILES string of the molecule is O=C(O)c1ccc(COc2cccc(Br)c2)o1. The minimum absolute atomic E-state index is 0.0853. The molecule has 0 amide bonds. The van der Waals surface area contributed by atoms with Gasteiger partial charge in [0.1, 0.15) is 18.1 Å². The van der Waals surface area contributed by atoms with Gasteiger partial charge in [0.05, 0.1) is 0 Å². The maximum absolute atomic E-state index is 10.6. The molecule has 17 heavy (non-hydrogen) atoms. The van der Waals surface area contributed by atoms with Crippen LogP contribution in [0.1, 0.15) is 16.3 Å². The van der Waals surface area contributed by atoms with Crippen molar-refractivity contribution in [2.75, 3.05) is 0 Å². The van der Waals surface area contributed by atoms with Crippen LogP contribution in [-0.2, 0) is 6.61 Å². The second kappa shape index (κ2) is 5.05. The van der Waals surface area contributed by atoms with Gasteiger partial charge < -0.3 is 14.3 Å². The van der Waals surface area contributed by atoms with E-state index in [0.717, 1.165) is 4.47 Å². The Labute approximate surface area is 106 Å². The first-order chi connectivity index (χ1) is 8.15. The maximum atomic E-state index is 10.6. The van der Waals surface area contributed by atoms with Crippen molar-refractivity contribution >= 4 is 21.9 Å². The van der Waals surface area contributed by atoms with Crippen LogP contribution >= 0.6 is 15.9 Å². The number of furan rings is 1. The molecule has 5 heteroatoms. The molecule has 1 aromatic heterocycles. The number of carbonyl (C=O) groups is 1. The van der Waals surface area contributed by atoms with E-state index in [4.69, 9.17) is 14.3 Å². The minimum Gasteiger partial charge on any atom is -0.486 e. The Balaban J connectivity index is 2.00. The number of rotatable bonds is 4. The van der Waals surface area contributed by atoms with E-state index in [1.807, 2.05) is 24.3 Å². The highest BCUT2D eigenvalue weighted by Gasteiger charge is 2.09. The first kappa shape index (κ1) is 11.7. The Hall–Kier alpha value is -1.75. The van der Waals surface area contributed by atoms with Gasteiger partial charge in [-0.25, -0.2) is 4.79 Å². The van der Waals surface area contributed by atoms with Crippen LogP contribution in [0, 0.1) is 0 Å². The molecular weight excluding hydrogens is 288 g/mol. The van der Waals surface area contributed by atoms with Crippen molar-refractivity contribution in [3.8, 4) is 5.75 Å². The zero-order valence-corrected chi connectivity index (χ0v) is 10.3. The van der Waals surface area contributed by atoms with Crippen molar-refractivity contribution < 1.29 is 19.1 Å². The normalized spacial score (nSPS) is 10.2. The topological polar surface area (TPSA) is 59.7 Å². The first-order valence-electron chi connectivity index (χ1n) is 4.85. The number of carboxylic acids is 1. The predicted octanol–water partition coefficient (Wildman–Crippen LogP) is 3.32. The molecule has 88 valence electrons. The summed E-state index contributed by atoms with van der Waals surface area (Å²) in [5, 5.41) is 8.68. The molecule has 0 fully saturated rings. The standard InChI is InChI=1S/C12H9BrO4/c13-8-2-1-3-9(6-8)16-7-10-4-5-11(17-10)12(14)15/h1-6H,7H2,(H,14,15). The summed E-state index contributed by atoms with van der Waals surface area (Å²) in [5.41, 5.74) is 0. The van der Waals surface area contributed by atoms with Gasteiger partial charge in [0.25, 0.3) is 0 Å². The smallest absolute Gasteiger partial charge is 0.371 e. The third-order valence-corrected chi connectivity index (χ3v) is 2.54. The first-order valence-corrected chi connectivity index (χ1v) is 5.65. The molecule has 1 aromatic carbocycles. The summed E-state index contributed by atoms with van der Waals surface area (Å²) in [6, 6.07) is 10.4. The Bertz CT molecular complexity index is 533. The Morgan fingerprint density at radius 2 is 2.18 bits per heavy atom. The average molecular weight is 297 g/mol. The van der Waals surface area contributed by atoms with Gasteiger partial charge in [-0.3, -0.25) is 0 Å². The highest BCUT2D eigenvalue weighted by molar-refractivity contribution is 9.10. The molecule has 0 saturated heterocycles. The van der Waals surface area contributed by atoms with Crippen molar-refractivity contribution in [2.24, 2.45) is 0 Å². The third kappa shape index (κ3) is 3.10. The van der Waals surface area contributed by atoms with Crippen LogP contribution in [-0.4, -0.2) is 11.1 Å². The Kier molecular flexibility index (Phi) is 3.49. The summed E-state index contributed by atoms with van der Waals surface area (Å²) in [6.45, 7) is 0.198. The van der Waals surface area contributed by atoms with Crippen LogP contribution in [0.3, 0.4) is 0 Å². The van der Waals surface area contributed by atoms with Crippen LogP contribution in [0.5, 0.6) is 5.75 Å². The van der Waals surface area contributed by atoms with Gasteiger partial charge in [-0.1, -0.05) is 22.0 Å². The highest BCUT2D eigenvalue weighted by atomic mass is 79.9. The van der Waals surface area contributed by atoms with E-state index in [-0.39, 0.29) is 12.4 Å². The quantitative estimate of drug-likeness (QED) is 0.940. The summed E-state index contributed by atoms with van der Waals surface area (Å²) < 4.78 is 11.4. The summed E-state index contributed by atoms with van der Waals surface area (Å²) in [7, 11) is 0. The van der Waals surface area contributed by atoms with Crippen LogP contribution in [0.25, 0.3) is 0 Å².